The van der Waals surface area contributed by atoms with E-state index >= 15 is 0 Å². The molecule has 0 saturated heterocycles. The first-order chi connectivity index (χ1) is 11.6. The van der Waals surface area contributed by atoms with Crippen LogP contribution < -0.4 is 5.32 Å². The van der Waals surface area contributed by atoms with E-state index in [1.54, 1.807) is 18.2 Å². The normalized spacial score (nSPS) is 11.8. The van der Waals surface area contributed by atoms with Crippen LogP contribution in [0.1, 0.15) is 28.9 Å². The van der Waals surface area contributed by atoms with Gasteiger partial charge in [0.2, 0.25) is 0 Å². The summed E-state index contributed by atoms with van der Waals surface area (Å²) in [6, 6.07) is 23.3. The first-order valence-corrected chi connectivity index (χ1v) is 7.86. The first kappa shape index (κ1) is 15.9. The summed E-state index contributed by atoms with van der Waals surface area (Å²) in [4.78, 5) is 12.7. The van der Waals surface area contributed by atoms with Crippen LogP contribution in [-0.4, -0.2) is 5.91 Å². The Morgan fingerprint density at radius 2 is 1.62 bits per heavy atom. The second-order valence-electron chi connectivity index (χ2n) is 5.66. The van der Waals surface area contributed by atoms with Crippen molar-refractivity contribution in [2.75, 3.05) is 0 Å². The summed E-state index contributed by atoms with van der Waals surface area (Å²) in [5.74, 6) is -0.482. The van der Waals surface area contributed by atoms with Gasteiger partial charge in [-0.3, -0.25) is 4.79 Å². The molecule has 0 heterocycles. The van der Waals surface area contributed by atoms with Crippen molar-refractivity contribution in [1.29, 1.82) is 0 Å². The van der Waals surface area contributed by atoms with Gasteiger partial charge in [0.1, 0.15) is 5.82 Å². The lowest BCUT2D eigenvalue weighted by molar-refractivity contribution is 0.0940. The quantitative estimate of drug-likeness (QED) is 0.721. The highest BCUT2D eigenvalue weighted by molar-refractivity contribution is 6.01. The molecule has 0 aliphatic heterocycles. The molecule has 1 amide bonds. The Morgan fingerprint density at radius 1 is 0.917 bits per heavy atom. The van der Waals surface area contributed by atoms with Crippen molar-refractivity contribution in [2.24, 2.45) is 0 Å². The van der Waals surface area contributed by atoms with Crippen LogP contribution in [-0.2, 0) is 0 Å². The van der Waals surface area contributed by atoms with Crippen molar-refractivity contribution in [3.63, 3.8) is 0 Å². The van der Waals surface area contributed by atoms with Gasteiger partial charge < -0.3 is 5.32 Å². The fourth-order valence-electron chi connectivity index (χ4n) is 2.68. The van der Waals surface area contributed by atoms with Crippen molar-refractivity contribution in [1.82, 2.24) is 5.32 Å². The maximum atomic E-state index is 13.4. The molecule has 0 fully saturated rings. The highest BCUT2D eigenvalue weighted by Crippen LogP contribution is 2.24. The molecule has 0 aliphatic rings. The molecule has 0 aromatic heterocycles. The van der Waals surface area contributed by atoms with Crippen LogP contribution in [0.2, 0.25) is 0 Å². The molecule has 1 unspecified atom stereocenters. The predicted molar refractivity (Wildman–Crippen MR) is 94.2 cm³/mol. The number of rotatable bonds is 4. The SMILES string of the molecule is CC(NC(=O)c1ccccc1-c1ccccc1)c1cccc(F)c1. The van der Waals surface area contributed by atoms with E-state index in [-0.39, 0.29) is 17.8 Å². The molecule has 1 N–H and O–H groups in total. The second kappa shape index (κ2) is 7.09. The van der Waals surface area contributed by atoms with Crippen LogP contribution in [0.15, 0.2) is 78.9 Å². The summed E-state index contributed by atoms with van der Waals surface area (Å²) in [6.45, 7) is 1.85. The third-order valence-electron chi connectivity index (χ3n) is 3.95. The van der Waals surface area contributed by atoms with Crippen molar-refractivity contribution in [3.8, 4) is 11.1 Å². The van der Waals surface area contributed by atoms with Crippen LogP contribution in [0.25, 0.3) is 11.1 Å². The van der Waals surface area contributed by atoms with Gasteiger partial charge in [-0.15, -0.1) is 0 Å². The average Bonchev–Trinajstić information content (AvgIpc) is 2.62. The van der Waals surface area contributed by atoms with Gasteiger partial charge in [-0.05, 0) is 41.8 Å². The number of hydrogen-bond donors (Lipinski definition) is 1. The number of benzene rings is 3. The lowest BCUT2D eigenvalue weighted by Crippen LogP contribution is -2.27. The molecule has 3 aromatic carbocycles. The Kier molecular flexibility index (Phi) is 4.71. The minimum absolute atomic E-state index is 0.175. The smallest absolute Gasteiger partial charge is 0.252 e. The largest absolute Gasteiger partial charge is 0.345 e. The summed E-state index contributed by atoms with van der Waals surface area (Å²) >= 11 is 0. The van der Waals surface area contributed by atoms with Crippen LogP contribution in [0.3, 0.4) is 0 Å². The van der Waals surface area contributed by atoms with Gasteiger partial charge in [0.05, 0.1) is 6.04 Å². The molecular formula is C21H18FNO. The zero-order chi connectivity index (χ0) is 16.9. The van der Waals surface area contributed by atoms with E-state index in [1.165, 1.54) is 12.1 Å². The molecule has 3 heteroatoms. The number of carbonyl (C=O) groups is 1. The number of halogens is 1. The monoisotopic (exact) mass is 319 g/mol. The summed E-state index contributed by atoms with van der Waals surface area (Å²) in [7, 11) is 0. The predicted octanol–water partition coefficient (Wildman–Crippen LogP) is 4.98. The van der Waals surface area contributed by atoms with E-state index in [1.807, 2.05) is 55.5 Å². The Bertz CT molecular complexity index is 845. The van der Waals surface area contributed by atoms with E-state index in [0.717, 1.165) is 16.7 Å². The molecule has 0 saturated carbocycles. The van der Waals surface area contributed by atoms with E-state index in [0.29, 0.717) is 5.56 Å². The van der Waals surface area contributed by atoms with E-state index in [2.05, 4.69) is 5.32 Å². The van der Waals surface area contributed by atoms with E-state index in [9.17, 15) is 9.18 Å². The molecule has 1 atom stereocenters. The lowest BCUT2D eigenvalue weighted by atomic mass is 9.98. The molecule has 3 aromatic rings. The number of nitrogens with one attached hydrogen (secondary N) is 1. The standard InChI is InChI=1S/C21H18FNO/c1-15(17-10-7-11-18(22)14-17)23-21(24)20-13-6-5-12-19(20)16-8-3-2-4-9-16/h2-15H,1H3,(H,23,24). The van der Waals surface area contributed by atoms with Gasteiger partial charge in [-0.25, -0.2) is 4.39 Å². The maximum absolute atomic E-state index is 13.4. The minimum Gasteiger partial charge on any atom is -0.345 e. The number of carbonyl (C=O) groups excluding carboxylic acids is 1. The van der Waals surface area contributed by atoms with Gasteiger partial charge in [-0.1, -0.05) is 60.7 Å². The fourth-order valence-corrected chi connectivity index (χ4v) is 2.68. The lowest BCUT2D eigenvalue weighted by Gasteiger charge is -2.16. The molecule has 0 bridgehead atoms. The van der Waals surface area contributed by atoms with E-state index in [4.69, 9.17) is 0 Å². The molecule has 0 radical (unpaired) electrons. The molecule has 2 nitrogen and oxygen atoms in total. The topological polar surface area (TPSA) is 29.1 Å². The third kappa shape index (κ3) is 3.51. The van der Waals surface area contributed by atoms with Crippen LogP contribution in [0.5, 0.6) is 0 Å². The van der Waals surface area contributed by atoms with Gasteiger partial charge in [-0.2, -0.15) is 0 Å². The van der Waals surface area contributed by atoms with Crippen molar-refractivity contribution in [3.05, 3.63) is 95.8 Å². The molecule has 3 rings (SSSR count). The summed E-state index contributed by atoms with van der Waals surface area (Å²) in [6.07, 6.45) is 0. The van der Waals surface area contributed by atoms with E-state index < -0.39 is 0 Å². The van der Waals surface area contributed by atoms with Crippen molar-refractivity contribution < 1.29 is 9.18 Å². The summed E-state index contributed by atoms with van der Waals surface area (Å²) in [5.41, 5.74) is 3.20. The summed E-state index contributed by atoms with van der Waals surface area (Å²) in [5, 5.41) is 2.94. The Morgan fingerprint density at radius 3 is 2.38 bits per heavy atom. The van der Waals surface area contributed by atoms with Crippen LogP contribution >= 0.6 is 0 Å². The van der Waals surface area contributed by atoms with Gasteiger partial charge >= 0.3 is 0 Å². The summed E-state index contributed by atoms with van der Waals surface area (Å²) < 4.78 is 13.4. The average molecular weight is 319 g/mol. The molecule has 24 heavy (non-hydrogen) atoms. The van der Waals surface area contributed by atoms with Crippen LogP contribution in [0, 0.1) is 5.82 Å². The van der Waals surface area contributed by atoms with Gasteiger partial charge in [0.25, 0.3) is 5.91 Å². The van der Waals surface area contributed by atoms with Crippen molar-refractivity contribution in [2.45, 2.75) is 13.0 Å². The molecule has 0 aliphatic carbocycles. The zero-order valence-electron chi connectivity index (χ0n) is 13.4. The highest BCUT2D eigenvalue weighted by Gasteiger charge is 2.15. The molecule has 0 spiro atoms. The van der Waals surface area contributed by atoms with Crippen LogP contribution in [0.4, 0.5) is 4.39 Å². The Labute approximate surface area is 141 Å². The fraction of sp³-hybridized carbons (Fsp3) is 0.0952. The zero-order valence-corrected chi connectivity index (χ0v) is 13.4. The number of amides is 1. The van der Waals surface area contributed by atoms with Gasteiger partial charge in [0.15, 0.2) is 0 Å². The third-order valence-corrected chi connectivity index (χ3v) is 3.95. The minimum atomic E-state index is -0.307. The van der Waals surface area contributed by atoms with Gasteiger partial charge in [0, 0.05) is 5.56 Å². The molecular weight excluding hydrogens is 301 g/mol. The first-order valence-electron chi connectivity index (χ1n) is 7.86. The Hall–Kier alpha value is -2.94. The highest BCUT2D eigenvalue weighted by atomic mass is 19.1. The van der Waals surface area contributed by atoms with Crippen molar-refractivity contribution >= 4 is 5.91 Å². The maximum Gasteiger partial charge on any atom is 0.252 e. The number of hydrogen-bond acceptors (Lipinski definition) is 1. The second-order valence-corrected chi connectivity index (χ2v) is 5.66. The Balaban J connectivity index is 1.86. The molecule has 120 valence electrons.